The van der Waals surface area contributed by atoms with E-state index < -0.39 is 5.38 Å². The Morgan fingerprint density at radius 3 is 2.80 bits per heavy atom. The van der Waals surface area contributed by atoms with E-state index in [1.54, 1.807) is 26.1 Å². The van der Waals surface area contributed by atoms with Crippen molar-refractivity contribution in [3.05, 3.63) is 35.6 Å². The summed E-state index contributed by atoms with van der Waals surface area (Å²) in [6, 6.07) is 6.16. The molecule has 0 radical (unpaired) electrons. The van der Waals surface area contributed by atoms with Crippen molar-refractivity contribution in [3.63, 3.8) is 0 Å². The molecule has 1 rings (SSSR count). The van der Waals surface area contributed by atoms with E-state index in [-0.39, 0.29) is 11.7 Å². The van der Waals surface area contributed by atoms with Crippen LogP contribution in [0.5, 0.6) is 0 Å². The first-order chi connectivity index (χ1) is 7.00. The molecule has 1 atom stereocenters. The van der Waals surface area contributed by atoms with Gasteiger partial charge < -0.3 is 4.90 Å². The molecule has 0 aliphatic rings. The molecule has 0 unspecified atom stereocenters. The van der Waals surface area contributed by atoms with Crippen molar-refractivity contribution in [2.24, 2.45) is 0 Å². The summed E-state index contributed by atoms with van der Waals surface area (Å²) in [6.07, 6.45) is 0. The Labute approximate surface area is 93.6 Å². The van der Waals surface area contributed by atoms with Crippen LogP contribution in [-0.2, 0) is 11.3 Å². The zero-order valence-electron chi connectivity index (χ0n) is 8.71. The van der Waals surface area contributed by atoms with Crippen LogP contribution in [0.3, 0.4) is 0 Å². The Morgan fingerprint density at radius 2 is 2.27 bits per heavy atom. The van der Waals surface area contributed by atoms with Crippen LogP contribution in [0.15, 0.2) is 24.3 Å². The Morgan fingerprint density at radius 1 is 1.60 bits per heavy atom. The number of amides is 1. The van der Waals surface area contributed by atoms with Gasteiger partial charge in [0.05, 0.1) is 0 Å². The highest BCUT2D eigenvalue weighted by molar-refractivity contribution is 6.30. The highest BCUT2D eigenvalue weighted by Gasteiger charge is 2.14. The minimum atomic E-state index is -0.552. The van der Waals surface area contributed by atoms with Gasteiger partial charge in [0.2, 0.25) is 5.91 Å². The van der Waals surface area contributed by atoms with Gasteiger partial charge in [-0.25, -0.2) is 4.39 Å². The van der Waals surface area contributed by atoms with E-state index in [0.717, 1.165) is 5.56 Å². The van der Waals surface area contributed by atoms with Gasteiger partial charge in [-0.2, -0.15) is 0 Å². The highest BCUT2D eigenvalue weighted by Crippen LogP contribution is 2.08. The first-order valence-corrected chi connectivity index (χ1v) is 5.08. The van der Waals surface area contributed by atoms with E-state index in [9.17, 15) is 9.18 Å². The molecule has 1 aromatic rings. The Bertz CT molecular complexity index is 354. The number of rotatable bonds is 3. The molecular formula is C11H13ClFNO. The van der Waals surface area contributed by atoms with E-state index in [4.69, 9.17) is 11.6 Å². The maximum Gasteiger partial charge on any atom is 0.240 e. The first kappa shape index (κ1) is 12.0. The van der Waals surface area contributed by atoms with Gasteiger partial charge >= 0.3 is 0 Å². The normalized spacial score (nSPS) is 12.3. The van der Waals surface area contributed by atoms with Crippen molar-refractivity contribution in [3.8, 4) is 0 Å². The fourth-order valence-corrected chi connectivity index (χ4v) is 1.46. The number of alkyl halides is 1. The van der Waals surface area contributed by atoms with Crippen LogP contribution in [0.4, 0.5) is 4.39 Å². The molecule has 0 bridgehead atoms. The van der Waals surface area contributed by atoms with Gasteiger partial charge in [0, 0.05) is 13.6 Å². The third-order valence-corrected chi connectivity index (χ3v) is 2.21. The van der Waals surface area contributed by atoms with E-state index in [1.807, 2.05) is 0 Å². The smallest absolute Gasteiger partial charge is 0.240 e. The monoisotopic (exact) mass is 229 g/mol. The molecule has 2 nitrogen and oxygen atoms in total. The quantitative estimate of drug-likeness (QED) is 0.729. The van der Waals surface area contributed by atoms with Gasteiger partial charge in [-0.3, -0.25) is 4.79 Å². The van der Waals surface area contributed by atoms with Gasteiger partial charge in [-0.15, -0.1) is 11.6 Å². The molecule has 0 saturated heterocycles. The average Bonchev–Trinajstić information content (AvgIpc) is 2.16. The molecule has 0 heterocycles. The second-order valence-electron chi connectivity index (χ2n) is 3.44. The number of hydrogen-bond donors (Lipinski definition) is 0. The molecule has 15 heavy (non-hydrogen) atoms. The zero-order chi connectivity index (χ0) is 11.4. The molecule has 0 fully saturated rings. The highest BCUT2D eigenvalue weighted by atomic mass is 35.5. The Kier molecular flexibility index (Phi) is 4.09. The standard InChI is InChI=1S/C11H13ClFNO/c1-8(12)11(15)14(2)7-9-4-3-5-10(13)6-9/h3-6,8H,7H2,1-2H3/t8-/m0/s1. The topological polar surface area (TPSA) is 20.3 Å². The fourth-order valence-electron chi connectivity index (χ4n) is 1.29. The molecule has 0 aliphatic carbocycles. The molecule has 82 valence electrons. The van der Waals surface area contributed by atoms with Crippen LogP contribution in [0.25, 0.3) is 0 Å². The second kappa shape index (κ2) is 5.12. The third-order valence-electron chi connectivity index (χ3n) is 2.03. The van der Waals surface area contributed by atoms with Crippen molar-refractivity contribution in [2.75, 3.05) is 7.05 Å². The Hall–Kier alpha value is -1.09. The van der Waals surface area contributed by atoms with Crippen LogP contribution < -0.4 is 0 Å². The van der Waals surface area contributed by atoms with Gasteiger partial charge in [0.25, 0.3) is 0 Å². The Balaban J connectivity index is 2.66. The second-order valence-corrected chi connectivity index (χ2v) is 4.09. The molecule has 0 spiro atoms. The van der Waals surface area contributed by atoms with Gasteiger partial charge in [-0.05, 0) is 24.6 Å². The number of nitrogens with zero attached hydrogens (tertiary/aromatic N) is 1. The van der Waals surface area contributed by atoms with Crippen LogP contribution in [0.2, 0.25) is 0 Å². The molecule has 0 N–H and O–H groups in total. The lowest BCUT2D eigenvalue weighted by molar-refractivity contribution is -0.129. The minimum absolute atomic E-state index is 0.166. The number of halogens is 2. The summed E-state index contributed by atoms with van der Waals surface area (Å²) in [4.78, 5) is 12.9. The first-order valence-electron chi connectivity index (χ1n) is 4.64. The lowest BCUT2D eigenvalue weighted by Crippen LogP contribution is -2.31. The van der Waals surface area contributed by atoms with E-state index in [2.05, 4.69) is 0 Å². The lowest BCUT2D eigenvalue weighted by Gasteiger charge is -2.18. The predicted octanol–water partition coefficient (Wildman–Crippen LogP) is 2.41. The minimum Gasteiger partial charge on any atom is -0.340 e. The summed E-state index contributed by atoms with van der Waals surface area (Å²) < 4.78 is 12.8. The van der Waals surface area contributed by atoms with Crippen LogP contribution in [0.1, 0.15) is 12.5 Å². The summed E-state index contributed by atoms with van der Waals surface area (Å²) in [5.74, 6) is -0.465. The van der Waals surface area contributed by atoms with Crippen molar-refractivity contribution < 1.29 is 9.18 Å². The van der Waals surface area contributed by atoms with Gasteiger partial charge in [0.15, 0.2) is 0 Å². The van der Waals surface area contributed by atoms with Gasteiger partial charge in [0.1, 0.15) is 11.2 Å². The van der Waals surface area contributed by atoms with E-state index in [1.165, 1.54) is 17.0 Å². The van der Waals surface area contributed by atoms with Crippen LogP contribution in [0, 0.1) is 5.82 Å². The summed E-state index contributed by atoms with van der Waals surface area (Å²) in [5, 5.41) is -0.552. The summed E-state index contributed by atoms with van der Waals surface area (Å²) in [6.45, 7) is 1.99. The van der Waals surface area contributed by atoms with Crippen molar-refractivity contribution >= 4 is 17.5 Å². The summed E-state index contributed by atoms with van der Waals surface area (Å²) in [7, 11) is 1.64. The number of carbonyl (C=O) groups excluding carboxylic acids is 1. The maximum atomic E-state index is 12.8. The number of benzene rings is 1. The molecule has 0 aliphatic heterocycles. The van der Waals surface area contributed by atoms with E-state index >= 15 is 0 Å². The predicted molar refractivity (Wildman–Crippen MR) is 58.2 cm³/mol. The largest absolute Gasteiger partial charge is 0.340 e. The van der Waals surface area contributed by atoms with Crippen molar-refractivity contribution in [1.82, 2.24) is 4.90 Å². The fraction of sp³-hybridized carbons (Fsp3) is 0.364. The SMILES string of the molecule is C[C@H](Cl)C(=O)N(C)Cc1cccc(F)c1. The number of hydrogen-bond acceptors (Lipinski definition) is 1. The maximum absolute atomic E-state index is 12.8. The van der Waals surface area contributed by atoms with Crippen LogP contribution >= 0.6 is 11.6 Å². The van der Waals surface area contributed by atoms with Gasteiger partial charge in [-0.1, -0.05) is 12.1 Å². The molecule has 1 amide bonds. The lowest BCUT2D eigenvalue weighted by atomic mass is 10.2. The van der Waals surface area contributed by atoms with Crippen LogP contribution in [-0.4, -0.2) is 23.2 Å². The summed E-state index contributed by atoms with van der Waals surface area (Å²) >= 11 is 5.66. The van der Waals surface area contributed by atoms with Crippen molar-refractivity contribution in [1.29, 1.82) is 0 Å². The molecule has 4 heteroatoms. The summed E-state index contributed by atoms with van der Waals surface area (Å²) in [5.41, 5.74) is 0.753. The third kappa shape index (κ3) is 3.51. The molecule has 0 aromatic heterocycles. The number of carbonyl (C=O) groups is 1. The van der Waals surface area contributed by atoms with Crippen molar-refractivity contribution in [2.45, 2.75) is 18.8 Å². The van der Waals surface area contributed by atoms with E-state index in [0.29, 0.717) is 6.54 Å². The average molecular weight is 230 g/mol. The molecule has 1 aromatic carbocycles. The molecule has 0 saturated carbocycles. The zero-order valence-corrected chi connectivity index (χ0v) is 9.46. The molecular weight excluding hydrogens is 217 g/mol.